The van der Waals surface area contributed by atoms with Crippen molar-refractivity contribution in [2.24, 2.45) is 0 Å². The summed E-state index contributed by atoms with van der Waals surface area (Å²) in [6.45, 7) is 1.22. The molecule has 0 saturated carbocycles. The first-order chi connectivity index (χ1) is 14.3. The summed E-state index contributed by atoms with van der Waals surface area (Å²) in [4.78, 5) is 47.2. The quantitative estimate of drug-likeness (QED) is 0.671. The summed E-state index contributed by atoms with van der Waals surface area (Å²) in [5.41, 5.74) is 2.00. The van der Waals surface area contributed by atoms with Crippen LogP contribution in [0.4, 0.5) is 11.4 Å². The molecule has 0 aliphatic carbocycles. The maximum absolute atomic E-state index is 12.1. The summed E-state index contributed by atoms with van der Waals surface area (Å²) in [5, 5.41) is 13.5. The highest BCUT2D eigenvalue weighted by molar-refractivity contribution is 5.98. The molecule has 0 aliphatic rings. The monoisotopic (exact) mass is 409 g/mol. The number of methoxy groups -OCH3 is 1. The molecule has 2 aromatic carbocycles. The third-order valence-corrected chi connectivity index (χ3v) is 3.91. The van der Waals surface area contributed by atoms with Crippen molar-refractivity contribution in [3.8, 4) is 6.07 Å². The van der Waals surface area contributed by atoms with E-state index in [0.717, 1.165) is 5.56 Å². The standard InChI is InChI=1S/C21H19N3O6/c1-13-3-4-15(20(27)29-2)11-17(13)24-19(26)12-30-21(28)14-5-7-16(8-6-14)23-18(25)9-10-22/h3-8,11H,9,12H2,1-2H3,(H,23,25)(H,24,26). The topological polar surface area (TPSA) is 135 Å². The van der Waals surface area contributed by atoms with Crippen molar-refractivity contribution in [1.82, 2.24) is 0 Å². The van der Waals surface area contributed by atoms with Crippen LogP contribution in [0.2, 0.25) is 0 Å². The van der Waals surface area contributed by atoms with E-state index in [-0.39, 0.29) is 17.5 Å². The molecular weight excluding hydrogens is 390 g/mol. The Kier molecular flexibility index (Phi) is 7.65. The zero-order valence-electron chi connectivity index (χ0n) is 16.4. The zero-order chi connectivity index (χ0) is 22.1. The summed E-state index contributed by atoms with van der Waals surface area (Å²) < 4.78 is 9.63. The smallest absolute Gasteiger partial charge is 0.338 e. The van der Waals surface area contributed by atoms with Gasteiger partial charge in [0.05, 0.1) is 24.3 Å². The number of rotatable bonds is 7. The van der Waals surface area contributed by atoms with Gasteiger partial charge in [-0.05, 0) is 48.9 Å². The summed E-state index contributed by atoms with van der Waals surface area (Å²) in [5.74, 6) is -2.30. The summed E-state index contributed by atoms with van der Waals surface area (Å²) in [6, 6.07) is 12.2. The molecular formula is C21H19N3O6. The summed E-state index contributed by atoms with van der Waals surface area (Å²) in [6.07, 6.45) is -0.277. The molecule has 2 aromatic rings. The van der Waals surface area contributed by atoms with Crippen molar-refractivity contribution in [2.45, 2.75) is 13.3 Å². The number of benzene rings is 2. The molecule has 2 amide bonds. The van der Waals surface area contributed by atoms with E-state index in [1.54, 1.807) is 25.1 Å². The third-order valence-electron chi connectivity index (χ3n) is 3.91. The maximum Gasteiger partial charge on any atom is 0.338 e. The molecule has 9 heteroatoms. The fraction of sp³-hybridized carbons (Fsp3) is 0.190. The summed E-state index contributed by atoms with van der Waals surface area (Å²) >= 11 is 0. The third kappa shape index (κ3) is 6.17. The van der Waals surface area contributed by atoms with Gasteiger partial charge in [-0.2, -0.15) is 5.26 Å². The number of nitrogens with one attached hydrogen (secondary N) is 2. The Labute approximate surface area is 172 Å². The van der Waals surface area contributed by atoms with Crippen LogP contribution in [-0.2, 0) is 19.1 Å². The van der Waals surface area contributed by atoms with Gasteiger partial charge in [-0.3, -0.25) is 9.59 Å². The van der Waals surface area contributed by atoms with Crippen LogP contribution in [0.25, 0.3) is 0 Å². The van der Waals surface area contributed by atoms with Gasteiger partial charge in [-0.25, -0.2) is 9.59 Å². The molecule has 0 unspecified atom stereocenters. The summed E-state index contributed by atoms with van der Waals surface area (Å²) in [7, 11) is 1.26. The van der Waals surface area contributed by atoms with E-state index < -0.39 is 30.4 Å². The molecule has 0 bridgehead atoms. The average Bonchev–Trinajstić information content (AvgIpc) is 2.73. The van der Waals surface area contributed by atoms with Gasteiger partial charge in [0.2, 0.25) is 5.91 Å². The van der Waals surface area contributed by atoms with Crippen molar-refractivity contribution in [3.05, 3.63) is 59.2 Å². The predicted molar refractivity (Wildman–Crippen MR) is 107 cm³/mol. The van der Waals surface area contributed by atoms with Crippen LogP contribution in [0.3, 0.4) is 0 Å². The first-order valence-corrected chi connectivity index (χ1v) is 8.77. The molecule has 154 valence electrons. The van der Waals surface area contributed by atoms with E-state index in [1.165, 1.54) is 37.4 Å². The van der Waals surface area contributed by atoms with E-state index >= 15 is 0 Å². The molecule has 2 rings (SSSR count). The minimum Gasteiger partial charge on any atom is -0.465 e. The number of hydrogen-bond acceptors (Lipinski definition) is 7. The number of nitriles is 1. The lowest BCUT2D eigenvalue weighted by Crippen LogP contribution is -2.21. The van der Waals surface area contributed by atoms with Gasteiger partial charge in [0.15, 0.2) is 6.61 Å². The molecule has 0 atom stereocenters. The highest BCUT2D eigenvalue weighted by Crippen LogP contribution is 2.18. The number of amides is 2. The van der Waals surface area contributed by atoms with E-state index in [1.807, 2.05) is 0 Å². The number of esters is 2. The normalized spacial score (nSPS) is 9.77. The Morgan fingerprint density at radius 1 is 0.933 bits per heavy atom. The van der Waals surface area contributed by atoms with E-state index in [9.17, 15) is 19.2 Å². The van der Waals surface area contributed by atoms with Crippen LogP contribution < -0.4 is 10.6 Å². The van der Waals surface area contributed by atoms with E-state index in [4.69, 9.17) is 10.00 Å². The second-order valence-electron chi connectivity index (χ2n) is 6.11. The molecule has 0 aromatic heterocycles. The second kappa shape index (κ2) is 10.4. The van der Waals surface area contributed by atoms with Crippen molar-refractivity contribution >= 4 is 35.1 Å². The number of carbonyl (C=O) groups excluding carboxylic acids is 4. The zero-order valence-corrected chi connectivity index (χ0v) is 16.4. The Hall–Kier alpha value is -4.19. The van der Waals surface area contributed by atoms with Crippen LogP contribution in [-0.4, -0.2) is 37.5 Å². The number of hydrogen-bond donors (Lipinski definition) is 2. The molecule has 0 aliphatic heterocycles. The first kappa shape index (κ1) is 22.1. The molecule has 0 heterocycles. The SMILES string of the molecule is COC(=O)c1ccc(C)c(NC(=O)COC(=O)c2ccc(NC(=O)CC#N)cc2)c1. The molecule has 0 fully saturated rings. The predicted octanol–water partition coefficient (Wildman–Crippen LogP) is 2.43. The molecule has 0 saturated heterocycles. The first-order valence-electron chi connectivity index (χ1n) is 8.77. The van der Waals surface area contributed by atoms with Crippen LogP contribution in [0.5, 0.6) is 0 Å². The molecule has 0 spiro atoms. The number of ether oxygens (including phenoxy) is 2. The fourth-order valence-corrected chi connectivity index (χ4v) is 2.37. The van der Waals surface area contributed by atoms with Crippen LogP contribution >= 0.6 is 0 Å². The molecule has 9 nitrogen and oxygen atoms in total. The lowest BCUT2D eigenvalue weighted by atomic mass is 10.1. The van der Waals surface area contributed by atoms with Crippen LogP contribution in [0.15, 0.2) is 42.5 Å². The highest BCUT2D eigenvalue weighted by Gasteiger charge is 2.13. The van der Waals surface area contributed by atoms with Crippen molar-refractivity contribution in [2.75, 3.05) is 24.4 Å². The Morgan fingerprint density at radius 2 is 1.60 bits per heavy atom. The van der Waals surface area contributed by atoms with Gasteiger partial charge in [-0.1, -0.05) is 6.07 Å². The fourth-order valence-electron chi connectivity index (χ4n) is 2.37. The maximum atomic E-state index is 12.1. The van der Waals surface area contributed by atoms with Gasteiger partial charge in [-0.15, -0.1) is 0 Å². The van der Waals surface area contributed by atoms with Crippen molar-refractivity contribution in [3.63, 3.8) is 0 Å². The van der Waals surface area contributed by atoms with Gasteiger partial charge in [0, 0.05) is 11.4 Å². The Bertz CT molecular complexity index is 1010. The van der Waals surface area contributed by atoms with Crippen molar-refractivity contribution < 1.29 is 28.7 Å². The Morgan fingerprint density at radius 3 is 2.23 bits per heavy atom. The largest absolute Gasteiger partial charge is 0.465 e. The second-order valence-corrected chi connectivity index (χ2v) is 6.11. The van der Waals surface area contributed by atoms with Crippen LogP contribution in [0.1, 0.15) is 32.7 Å². The Balaban J connectivity index is 1.92. The van der Waals surface area contributed by atoms with Gasteiger partial charge in [0.1, 0.15) is 6.42 Å². The van der Waals surface area contributed by atoms with Gasteiger partial charge >= 0.3 is 11.9 Å². The number of anilines is 2. The number of carbonyl (C=O) groups is 4. The number of aryl methyl sites for hydroxylation is 1. The van der Waals surface area contributed by atoms with E-state index in [2.05, 4.69) is 15.4 Å². The van der Waals surface area contributed by atoms with Crippen LogP contribution in [0, 0.1) is 18.3 Å². The van der Waals surface area contributed by atoms with Crippen molar-refractivity contribution in [1.29, 1.82) is 5.26 Å². The lowest BCUT2D eigenvalue weighted by Gasteiger charge is -2.10. The molecule has 0 radical (unpaired) electrons. The number of nitrogens with zero attached hydrogens (tertiary/aromatic N) is 1. The minimum atomic E-state index is -0.722. The van der Waals surface area contributed by atoms with Gasteiger partial charge < -0.3 is 20.1 Å². The molecule has 30 heavy (non-hydrogen) atoms. The average molecular weight is 409 g/mol. The minimum absolute atomic E-state index is 0.185. The van der Waals surface area contributed by atoms with E-state index in [0.29, 0.717) is 11.4 Å². The molecule has 2 N–H and O–H groups in total. The highest BCUT2D eigenvalue weighted by atomic mass is 16.5. The lowest BCUT2D eigenvalue weighted by molar-refractivity contribution is -0.119. The van der Waals surface area contributed by atoms with Gasteiger partial charge in [0.25, 0.3) is 5.91 Å².